The summed E-state index contributed by atoms with van der Waals surface area (Å²) in [5, 5.41) is 2.72. The van der Waals surface area contributed by atoms with Gasteiger partial charge in [0.25, 0.3) is 0 Å². The first-order valence-electron chi connectivity index (χ1n) is 5.82. The van der Waals surface area contributed by atoms with Gasteiger partial charge in [0.05, 0.1) is 6.04 Å². The molecule has 4 nitrogen and oxygen atoms in total. The SMILES string of the molecule is COC(C)C(=O)NC(C)c1cccc(OC(F)F)c1. The summed E-state index contributed by atoms with van der Waals surface area (Å²) in [5.74, 6) is -0.205. The number of hydrogen-bond acceptors (Lipinski definition) is 3. The second-order valence-electron chi connectivity index (χ2n) is 4.06. The number of halogens is 2. The van der Waals surface area contributed by atoms with Gasteiger partial charge in [-0.15, -0.1) is 0 Å². The van der Waals surface area contributed by atoms with Crippen LogP contribution < -0.4 is 10.1 Å². The van der Waals surface area contributed by atoms with E-state index in [2.05, 4.69) is 10.1 Å². The van der Waals surface area contributed by atoms with Crippen molar-refractivity contribution in [3.63, 3.8) is 0 Å². The van der Waals surface area contributed by atoms with Gasteiger partial charge in [0.1, 0.15) is 11.9 Å². The monoisotopic (exact) mass is 273 g/mol. The lowest BCUT2D eigenvalue weighted by Crippen LogP contribution is -2.35. The van der Waals surface area contributed by atoms with E-state index >= 15 is 0 Å². The zero-order valence-corrected chi connectivity index (χ0v) is 11.0. The van der Waals surface area contributed by atoms with E-state index in [9.17, 15) is 13.6 Å². The molecule has 6 heteroatoms. The van der Waals surface area contributed by atoms with Crippen LogP contribution in [0.5, 0.6) is 5.75 Å². The van der Waals surface area contributed by atoms with Gasteiger partial charge in [-0.2, -0.15) is 8.78 Å². The number of nitrogens with one attached hydrogen (secondary N) is 1. The minimum absolute atomic E-state index is 0.0633. The maximum Gasteiger partial charge on any atom is 0.387 e. The van der Waals surface area contributed by atoms with Gasteiger partial charge in [-0.25, -0.2) is 0 Å². The fourth-order valence-electron chi connectivity index (χ4n) is 1.48. The minimum Gasteiger partial charge on any atom is -0.435 e. The largest absolute Gasteiger partial charge is 0.435 e. The molecule has 0 heterocycles. The van der Waals surface area contributed by atoms with Crippen molar-refractivity contribution in [3.8, 4) is 5.75 Å². The smallest absolute Gasteiger partial charge is 0.387 e. The van der Waals surface area contributed by atoms with Crippen LogP contribution in [0.25, 0.3) is 0 Å². The standard InChI is InChI=1S/C13H17F2NO3/c1-8(16-12(17)9(2)18-3)10-5-4-6-11(7-10)19-13(14)15/h4-9,13H,1-3H3,(H,16,17). The summed E-state index contributed by atoms with van der Waals surface area (Å²) in [6.45, 7) is 0.508. The second kappa shape index (κ2) is 7.04. The summed E-state index contributed by atoms with van der Waals surface area (Å²) < 4.78 is 33.4. The van der Waals surface area contributed by atoms with Crippen molar-refractivity contribution in [1.29, 1.82) is 0 Å². The number of amides is 1. The first-order valence-corrected chi connectivity index (χ1v) is 5.82. The van der Waals surface area contributed by atoms with Crippen LogP contribution in [-0.2, 0) is 9.53 Å². The molecule has 0 spiro atoms. The average molecular weight is 273 g/mol. The van der Waals surface area contributed by atoms with E-state index < -0.39 is 12.7 Å². The number of rotatable bonds is 6. The Bertz CT molecular complexity index is 426. The number of ether oxygens (including phenoxy) is 2. The molecule has 0 aliphatic rings. The summed E-state index contributed by atoms with van der Waals surface area (Å²) >= 11 is 0. The maximum atomic E-state index is 12.1. The third kappa shape index (κ3) is 4.82. The Morgan fingerprint density at radius 3 is 2.58 bits per heavy atom. The molecular weight excluding hydrogens is 256 g/mol. The average Bonchev–Trinajstić information content (AvgIpc) is 2.37. The highest BCUT2D eigenvalue weighted by molar-refractivity contribution is 5.80. The van der Waals surface area contributed by atoms with Crippen LogP contribution in [0.3, 0.4) is 0 Å². The molecule has 0 bridgehead atoms. The van der Waals surface area contributed by atoms with Crippen molar-refractivity contribution >= 4 is 5.91 Å². The lowest BCUT2D eigenvalue weighted by atomic mass is 10.1. The summed E-state index contributed by atoms with van der Waals surface area (Å²) in [6.07, 6.45) is -0.567. The molecule has 0 saturated carbocycles. The zero-order chi connectivity index (χ0) is 14.4. The lowest BCUT2D eigenvalue weighted by Gasteiger charge is -2.17. The van der Waals surface area contributed by atoms with Gasteiger partial charge in [0, 0.05) is 7.11 Å². The Kier molecular flexibility index (Phi) is 5.69. The molecule has 0 fully saturated rings. The molecule has 0 saturated heterocycles. The van der Waals surface area contributed by atoms with E-state index in [1.807, 2.05) is 0 Å². The summed E-state index contributed by atoms with van der Waals surface area (Å²) in [7, 11) is 1.44. The second-order valence-corrected chi connectivity index (χ2v) is 4.06. The predicted molar refractivity (Wildman–Crippen MR) is 66.1 cm³/mol. The molecular formula is C13H17F2NO3. The predicted octanol–water partition coefficient (Wildman–Crippen LogP) is 2.50. The minimum atomic E-state index is -2.87. The van der Waals surface area contributed by atoms with Crippen LogP contribution in [0.2, 0.25) is 0 Å². The van der Waals surface area contributed by atoms with Gasteiger partial charge in [-0.05, 0) is 31.5 Å². The Morgan fingerprint density at radius 2 is 2.00 bits per heavy atom. The molecule has 0 aliphatic carbocycles. The molecule has 1 N–H and O–H groups in total. The van der Waals surface area contributed by atoms with E-state index in [1.165, 1.54) is 19.2 Å². The van der Waals surface area contributed by atoms with Gasteiger partial charge >= 0.3 is 6.61 Å². The fourth-order valence-corrected chi connectivity index (χ4v) is 1.48. The van der Waals surface area contributed by atoms with Crippen LogP contribution in [0.15, 0.2) is 24.3 Å². The lowest BCUT2D eigenvalue weighted by molar-refractivity contribution is -0.130. The van der Waals surface area contributed by atoms with Crippen LogP contribution in [-0.4, -0.2) is 25.7 Å². The molecule has 1 rings (SSSR count). The summed E-state index contributed by atoms with van der Waals surface area (Å²) in [5.41, 5.74) is 0.676. The van der Waals surface area contributed by atoms with Crippen molar-refractivity contribution in [2.45, 2.75) is 32.6 Å². The highest BCUT2D eigenvalue weighted by Crippen LogP contribution is 2.20. The molecule has 1 amide bonds. The van der Waals surface area contributed by atoms with Crippen LogP contribution in [0.4, 0.5) is 8.78 Å². The molecule has 1 aromatic rings. The van der Waals surface area contributed by atoms with E-state index in [0.29, 0.717) is 5.56 Å². The van der Waals surface area contributed by atoms with Crippen molar-refractivity contribution in [1.82, 2.24) is 5.32 Å². The topological polar surface area (TPSA) is 47.6 Å². The molecule has 0 aromatic heterocycles. The van der Waals surface area contributed by atoms with E-state index in [1.54, 1.807) is 26.0 Å². The summed E-state index contributed by atoms with van der Waals surface area (Å²) in [6, 6.07) is 5.89. The van der Waals surface area contributed by atoms with Gasteiger partial charge in [-0.1, -0.05) is 12.1 Å². The maximum absolute atomic E-state index is 12.1. The van der Waals surface area contributed by atoms with Crippen LogP contribution in [0, 0.1) is 0 Å². The van der Waals surface area contributed by atoms with Crippen molar-refractivity contribution in [2.24, 2.45) is 0 Å². The number of carbonyl (C=O) groups excluding carboxylic acids is 1. The van der Waals surface area contributed by atoms with E-state index in [0.717, 1.165) is 0 Å². The molecule has 106 valence electrons. The molecule has 19 heavy (non-hydrogen) atoms. The van der Waals surface area contributed by atoms with Crippen molar-refractivity contribution in [2.75, 3.05) is 7.11 Å². The van der Waals surface area contributed by atoms with E-state index in [-0.39, 0.29) is 17.7 Å². The van der Waals surface area contributed by atoms with Crippen LogP contribution in [0.1, 0.15) is 25.5 Å². The number of alkyl halides is 2. The van der Waals surface area contributed by atoms with Gasteiger partial charge in [-0.3, -0.25) is 4.79 Å². The summed E-state index contributed by atoms with van der Waals surface area (Å²) in [4.78, 5) is 11.6. The Morgan fingerprint density at radius 1 is 1.32 bits per heavy atom. The third-order valence-electron chi connectivity index (χ3n) is 2.66. The number of hydrogen-bond donors (Lipinski definition) is 1. The normalized spacial score (nSPS) is 14.0. The van der Waals surface area contributed by atoms with Gasteiger partial charge in [0.15, 0.2) is 0 Å². The Balaban J connectivity index is 2.71. The molecule has 2 unspecified atom stereocenters. The molecule has 0 radical (unpaired) electrons. The number of methoxy groups -OCH3 is 1. The number of benzene rings is 1. The first kappa shape index (κ1) is 15.4. The van der Waals surface area contributed by atoms with Gasteiger partial charge in [0.2, 0.25) is 5.91 Å². The fraction of sp³-hybridized carbons (Fsp3) is 0.462. The third-order valence-corrected chi connectivity index (χ3v) is 2.66. The number of carbonyl (C=O) groups is 1. The highest BCUT2D eigenvalue weighted by Gasteiger charge is 2.16. The highest BCUT2D eigenvalue weighted by atomic mass is 19.3. The van der Waals surface area contributed by atoms with Crippen molar-refractivity contribution in [3.05, 3.63) is 29.8 Å². The van der Waals surface area contributed by atoms with Crippen molar-refractivity contribution < 1.29 is 23.0 Å². The van der Waals surface area contributed by atoms with E-state index in [4.69, 9.17) is 4.74 Å². The van der Waals surface area contributed by atoms with Crippen LogP contribution >= 0.6 is 0 Å². The molecule has 1 aromatic carbocycles. The zero-order valence-electron chi connectivity index (χ0n) is 11.0. The first-order chi connectivity index (χ1) is 8.93. The molecule has 0 aliphatic heterocycles. The van der Waals surface area contributed by atoms with Gasteiger partial charge < -0.3 is 14.8 Å². The quantitative estimate of drug-likeness (QED) is 0.866. The Labute approximate surface area is 110 Å². The Hall–Kier alpha value is -1.69. The molecule has 2 atom stereocenters.